The van der Waals surface area contributed by atoms with Gasteiger partial charge in [0.15, 0.2) is 4.96 Å². The summed E-state index contributed by atoms with van der Waals surface area (Å²) in [5, 5.41) is 10.9. The number of imidazole rings is 1. The Hall–Kier alpha value is -2.12. The first-order chi connectivity index (χ1) is 8.40. The lowest BCUT2D eigenvalue weighted by Gasteiger charge is -1.99. The van der Waals surface area contributed by atoms with Crippen molar-refractivity contribution in [3.8, 4) is 17.3 Å². The Morgan fingerprint density at radius 1 is 1.29 bits per heavy atom. The van der Waals surface area contributed by atoms with Gasteiger partial charge in [-0.1, -0.05) is 30.3 Å². The highest BCUT2D eigenvalue weighted by molar-refractivity contribution is 7.15. The second kappa shape index (κ2) is 4.04. The highest BCUT2D eigenvalue weighted by Gasteiger charge is 2.13. The van der Waals surface area contributed by atoms with Gasteiger partial charge in [0.2, 0.25) is 0 Å². The normalized spacial score (nSPS) is 10.5. The van der Waals surface area contributed by atoms with Crippen molar-refractivity contribution >= 4 is 16.3 Å². The van der Waals surface area contributed by atoms with E-state index in [1.807, 2.05) is 46.3 Å². The molecule has 0 aliphatic rings. The molecule has 0 fully saturated rings. The molecule has 3 aromatic rings. The molecule has 0 atom stereocenters. The van der Waals surface area contributed by atoms with E-state index in [0.29, 0.717) is 6.42 Å². The van der Waals surface area contributed by atoms with E-state index >= 15 is 0 Å². The molecule has 1 aromatic carbocycles. The summed E-state index contributed by atoms with van der Waals surface area (Å²) in [5.41, 5.74) is 2.95. The third-order valence-electron chi connectivity index (χ3n) is 2.65. The van der Waals surface area contributed by atoms with Crippen LogP contribution in [0.15, 0.2) is 41.9 Å². The van der Waals surface area contributed by atoms with E-state index in [1.54, 1.807) is 11.3 Å². The average Bonchev–Trinajstić information content (AvgIpc) is 2.93. The Bertz CT molecular complexity index is 688. The maximum atomic E-state index is 8.92. The Kier molecular flexibility index (Phi) is 2.39. The highest BCUT2D eigenvalue weighted by Crippen LogP contribution is 2.26. The number of nitrogens with zero attached hydrogens (tertiary/aromatic N) is 3. The summed E-state index contributed by atoms with van der Waals surface area (Å²) in [6.45, 7) is 0. The number of aromatic nitrogens is 2. The van der Waals surface area contributed by atoms with Gasteiger partial charge in [-0.15, -0.1) is 11.3 Å². The van der Waals surface area contributed by atoms with Crippen LogP contribution in [0.4, 0.5) is 0 Å². The molecule has 0 aliphatic heterocycles. The van der Waals surface area contributed by atoms with Crippen molar-refractivity contribution in [3.63, 3.8) is 0 Å². The van der Waals surface area contributed by atoms with Crippen molar-refractivity contribution in [2.75, 3.05) is 0 Å². The van der Waals surface area contributed by atoms with E-state index < -0.39 is 0 Å². The summed E-state index contributed by atoms with van der Waals surface area (Å²) in [5.74, 6) is 0. The molecule has 0 unspecified atom stereocenters. The van der Waals surface area contributed by atoms with Crippen molar-refractivity contribution in [3.05, 3.63) is 47.6 Å². The number of nitriles is 1. The van der Waals surface area contributed by atoms with Gasteiger partial charge in [-0.25, -0.2) is 4.98 Å². The van der Waals surface area contributed by atoms with Crippen LogP contribution in [-0.2, 0) is 6.42 Å². The molecule has 0 bridgehead atoms. The first-order valence-corrected chi connectivity index (χ1v) is 6.15. The number of thiazole rings is 1. The molecular formula is C13H9N3S. The molecule has 0 saturated carbocycles. The van der Waals surface area contributed by atoms with Crippen molar-refractivity contribution in [2.45, 2.75) is 6.42 Å². The van der Waals surface area contributed by atoms with Gasteiger partial charge in [-0.3, -0.25) is 4.40 Å². The van der Waals surface area contributed by atoms with Crippen LogP contribution < -0.4 is 0 Å². The topological polar surface area (TPSA) is 41.1 Å². The zero-order chi connectivity index (χ0) is 11.7. The van der Waals surface area contributed by atoms with Gasteiger partial charge in [0, 0.05) is 17.1 Å². The predicted molar refractivity (Wildman–Crippen MR) is 67.8 cm³/mol. The summed E-state index contributed by atoms with van der Waals surface area (Å²) < 4.78 is 2.00. The van der Waals surface area contributed by atoms with Crippen molar-refractivity contribution in [2.24, 2.45) is 0 Å². The molecule has 0 N–H and O–H groups in total. The van der Waals surface area contributed by atoms with E-state index in [-0.39, 0.29) is 0 Å². The Labute approximate surface area is 103 Å². The fourth-order valence-electron chi connectivity index (χ4n) is 1.90. The SMILES string of the molecule is N#CCc1c(-c2ccccc2)nc2sccn12. The van der Waals surface area contributed by atoms with Gasteiger partial charge in [0.05, 0.1) is 23.9 Å². The quantitative estimate of drug-likeness (QED) is 0.689. The smallest absolute Gasteiger partial charge is 0.194 e. The Balaban J connectivity index is 2.25. The minimum absolute atomic E-state index is 0.377. The van der Waals surface area contributed by atoms with Gasteiger partial charge in [0.1, 0.15) is 0 Å². The second-order valence-electron chi connectivity index (χ2n) is 3.66. The van der Waals surface area contributed by atoms with Gasteiger partial charge < -0.3 is 0 Å². The van der Waals surface area contributed by atoms with E-state index in [4.69, 9.17) is 5.26 Å². The lowest BCUT2D eigenvalue weighted by Crippen LogP contribution is -1.91. The van der Waals surface area contributed by atoms with Crippen LogP contribution in [-0.4, -0.2) is 9.38 Å². The lowest BCUT2D eigenvalue weighted by atomic mass is 10.1. The van der Waals surface area contributed by atoms with Crippen LogP contribution in [0.25, 0.3) is 16.2 Å². The van der Waals surface area contributed by atoms with Gasteiger partial charge >= 0.3 is 0 Å². The third kappa shape index (κ3) is 1.61. The van der Waals surface area contributed by atoms with E-state index in [9.17, 15) is 0 Å². The molecule has 2 heterocycles. The molecule has 0 radical (unpaired) electrons. The van der Waals surface area contributed by atoms with Crippen LogP contribution >= 0.6 is 11.3 Å². The average molecular weight is 239 g/mol. The largest absolute Gasteiger partial charge is 0.293 e. The van der Waals surface area contributed by atoms with Gasteiger partial charge in [0.25, 0.3) is 0 Å². The molecule has 0 aliphatic carbocycles. The summed E-state index contributed by atoms with van der Waals surface area (Å²) in [6.07, 6.45) is 2.34. The van der Waals surface area contributed by atoms with Crippen molar-refractivity contribution < 1.29 is 0 Å². The number of benzene rings is 1. The van der Waals surface area contributed by atoms with Crippen LogP contribution in [0.1, 0.15) is 5.69 Å². The first-order valence-electron chi connectivity index (χ1n) is 5.27. The predicted octanol–water partition coefficient (Wildman–Crippen LogP) is 3.13. The second-order valence-corrected chi connectivity index (χ2v) is 4.54. The van der Waals surface area contributed by atoms with Crippen LogP contribution in [0.5, 0.6) is 0 Å². The zero-order valence-electron chi connectivity index (χ0n) is 9.00. The highest BCUT2D eigenvalue weighted by atomic mass is 32.1. The van der Waals surface area contributed by atoms with Gasteiger partial charge in [-0.2, -0.15) is 5.26 Å². The maximum absolute atomic E-state index is 8.92. The molecule has 0 spiro atoms. The molecule has 4 heteroatoms. The fourth-order valence-corrected chi connectivity index (χ4v) is 2.64. The maximum Gasteiger partial charge on any atom is 0.194 e. The van der Waals surface area contributed by atoms with Crippen LogP contribution in [0.3, 0.4) is 0 Å². The van der Waals surface area contributed by atoms with Crippen LogP contribution in [0.2, 0.25) is 0 Å². The monoisotopic (exact) mass is 239 g/mol. The number of rotatable bonds is 2. The number of fused-ring (bicyclic) bond motifs is 1. The summed E-state index contributed by atoms with van der Waals surface area (Å²) in [6, 6.07) is 12.2. The third-order valence-corrected chi connectivity index (χ3v) is 3.41. The molecule has 2 aromatic heterocycles. The van der Waals surface area contributed by atoms with Crippen LogP contribution in [0, 0.1) is 11.3 Å². The minimum atomic E-state index is 0.377. The molecule has 82 valence electrons. The standard InChI is InChI=1S/C13H9N3S/c14-7-6-11-12(10-4-2-1-3-5-10)15-13-16(11)8-9-17-13/h1-5,8-9H,6H2. The lowest BCUT2D eigenvalue weighted by molar-refractivity contribution is 1.07. The number of hydrogen-bond donors (Lipinski definition) is 0. The molecule has 3 nitrogen and oxygen atoms in total. The summed E-state index contributed by atoms with van der Waals surface area (Å²) in [4.78, 5) is 5.53. The molecule has 3 rings (SSSR count). The van der Waals surface area contributed by atoms with Crippen molar-refractivity contribution in [1.29, 1.82) is 5.26 Å². The molecular weight excluding hydrogens is 230 g/mol. The molecule has 17 heavy (non-hydrogen) atoms. The van der Waals surface area contributed by atoms with E-state index in [0.717, 1.165) is 21.9 Å². The van der Waals surface area contributed by atoms with Crippen molar-refractivity contribution in [1.82, 2.24) is 9.38 Å². The molecule has 0 amide bonds. The van der Waals surface area contributed by atoms with E-state index in [2.05, 4.69) is 11.1 Å². The summed E-state index contributed by atoms with van der Waals surface area (Å²) in [7, 11) is 0. The Morgan fingerprint density at radius 2 is 2.12 bits per heavy atom. The first kappa shape index (κ1) is 10.1. The van der Waals surface area contributed by atoms with E-state index in [1.165, 1.54) is 0 Å². The number of hydrogen-bond acceptors (Lipinski definition) is 3. The minimum Gasteiger partial charge on any atom is -0.293 e. The summed E-state index contributed by atoms with van der Waals surface area (Å²) >= 11 is 1.59. The van der Waals surface area contributed by atoms with Gasteiger partial charge in [-0.05, 0) is 0 Å². The zero-order valence-corrected chi connectivity index (χ0v) is 9.81. The fraction of sp³-hybridized carbons (Fsp3) is 0.0769. The molecule has 0 saturated heterocycles. The Morgan fingerprint density at radius 3 is 2.88 bits per heavy atom.